The zero-order chi connectivity index (χ0) is 10.4. The number of nitrogens with zero attached hydrogens (tertiary/aromatic N) is 2. The molecule has 1 aromatic heterocycles. The van der Waals surface area contributed by atoms with Gasteiger partial charge in [-0.25, -0.2) is 0 Å². The molecule has 0 radical (unpaired) electrons. The first-order chi connectivity index (χ1) is 6.72. The first-order valence-corrected chi connectivity index (χ1v) is 4.84. The summed E-state index contributed by atoms with van der Waals surface area (Å²) in [7, 11) is 0. The molecule has 0 aliphatic heterocycles. The van der Waals surface area contributed by atoms with Crippen molar-refractivity contribution in [2.45, 2.75) is 26.8 Å². The van der Waals surface area contributed by atoms with Crippen LogP contribution >= 0.6 is 0 Å². The maximum Gasteiger partial charge on any atom is 0.0646 e. The van der Waals surface area contributed by atoms with Gasteiger partial charge in [-0.2, -0.15) is 5.10 Å². The van der Waals surface area contributed by atoms with Crippen molar-refractivity contribution < 1.29 is 5.11 Å². The minimum atomic E-state index is 0.118. The molecule has 0 spiro atoms. The van der Waals surface area contributed by atoms with Crippen molar-refractivity contribution in [3.05, 3.63) is 18.0 Å². The summed E-state index contributed by atoms with van der Waals surface area (Å²) in [4.78, 5) is 0. The molecule has 1 N–H and O–H groups in total. The van der Waals surface area contributed by atoms with Crippen molar-refractivity contribution in [2.75, 3.05) is 6.61 Å². The Labute approximate surface area is 84.8 Å². The molecule has 3 heteroatoms. The van der Waals surface area contributed by atoms with Crippen LogP contribution in [0.2, 0.25) is 0 Å². The smallest absolute Gasteiger partial charge is 0.0646 e. The Balaban J connectivity index is 2.56. The van der Waals surface area contributed by atoms with Gasteiger partial charge < -0.3 is 5.11 Å². The summed E-state index contributed by atoms with van der Waals surface area (Å²) in [5.41, 5.74) is 0.916. The normalized spacial score (nSPS) is 10.0. The van der Waals surface area contributed by atoms with E-state index in [-0.39, 0.29) is 6.61 Å². The van der Waals surface area contributed by atoms with Gasteiger partial charge >= 0.3 is 0 Å². The molecule has 14 heavy (non-hydrogen) atoms. The van der Waals surface area contributed by atoms with Crippen LogP contribution < -0.4 is 0 Å². The topological polar surface area (TPSA) is 38.0 Å². The van der Waals surface area contributed by atoms with E-state index in [0.29, 0.717) is 12.3 Å². The quantitative estimate of drug-likeness (QED) is 0.732. The lowest BCUT2D eigenvalue weighted by Crippen LogP contribution is -2.03. The third kappa shape index (κ3) is 3.63. The average molecular weight is 192 g/mol. The highest BCUT2D eigenvalue weighted by Gasteiger charge is 1.97. The molecule has 1 aromatic rings. The van der Waals surface area contributed by atoms with Crippen LogP contribution in [0, 0.1) is 17.8 Å². The second kappa shape index (κ2) is 5.46. The largest absolute Gasteiger partial charge is 0.395 e. The minimum absolute atomic E-state index is 0.118. The summed E-state index contributed by atoms with van der Waals surface area (Å²) in [6, 6.07) is 0. The van der Waals surface area contributed by atoms with Gasteiger partial charge in [-0.3, -0.25) is 4.68 Å². The van der Waals surface area contributed by atoms with E-state index in [4.69, 9.17) is 5.11 Å². The SMILES string of the molecule is CC(C)Cn1cc(C#CCCO)cn1. The van der Waals surface area contributed by atoms with Gasteiger partial charge in [-0.15, -0.1) is 0 Å². The third-order valence-corrected chi connectivity index (χ3v) is 1.65. The highest BCUT2D eigenvalue weighted by molar-refractivity contribution is 5.29. The van der Waals surface area contributed by atoms with E-state index in [1.54, 1.807) is 6.20 Å². The number of aliphatic hydroxyl groups excluding tert-OH is 1. The van der Waals surface area contributed by atoms with Gasteiger partial charge in [0.2, 0.25) is 0 Å². The first kappa shape index (κ1) is 10.8. The Morgan fingerprint density at radius 2 is 2.36 bits per heavy atom. The standard InChI is InChI=1S/C11H16N2O/c1-10(2)8-13-9-11(7-12-13)5-3-4-6-14/h7,9-10,14H,4,6,8H2,1-2H3. The molecule has 0 atom stereocenters. The van der Waals surface area contributed by atoms with Gasteiger partial charge in [0.1, 0.15) is 0 Å². The van der Waals surface area contributed by atoms with E-state index in [9.17, 15) is 0 Å². The molecular weight excluding hydrogens is 176 g/mol. The fraction of sp³-hybridized carbons (Fsp3) is 0.545. The molecule has 1 rings (SSSR count). The molecule has 0 saturated heterocycles. The Hall–Kier alpha value is -1.27. The Kier molecular flexibility index (Phi) is 4.21. The van der Waals surface area contributed by atoms with Crippen molar-refractivity contribution >= 4 is 0 Å². The summed E-state index contributed by atoms with van der Waals surface area (Å²) in [5.74, 6) is 6.40. The molecule has 0 unspecified atom stereocenters. The van der Waals surface area contributed by atoms with Crippen molar-refractivity contribution in [1.82, 2.24) is 9.78 Å². The first-order valence-electron chi connectivity index (χ1n) is 4.84. The van der Waals surface area contributed by atoms with Crippen LogP contribution in [0.15, 0.2) is 12.4 Å². The van der Waals surface area contributed by atoms with Crippen LogP contribution in [-0.4, -0.2) is 21.5 Å². The van der Waals surface area contributed by atoms with Gasteiger partial charge in [0.05, 0.1) is 18.4 Å². The van der Waals surface area contributed by atoms with Gasteiger partial charge in [0.25, 0.3) is 0 Å². The lowest BCUT2D eigenvalue weighted by molar-refractivity contribution is 0.305. The number of aromatic nitrogens is 2. The zero-order valence-electron chi connectivity index (χ0n) is 8.70. The van der Waals surface area contributed by atoms with Crippen molar-refractivity contribution in [2.24, 2.45) is 5.92 Å². The molecule has 0 bridgehead atoms. The second-order valence-corrected chi connectivity index (χ2v) is 3.62. The molecule has 3 nitrogen and oxygen atoms in total. The third-order valence-electron chi connectivity index (χ3n) is 1.65. The van der Waals surface area contributed by atoms with Crippen LogP contribution in [-0.2, 0) is 6.54 Å². The Bertz CT molecular complexity index is 331. The summed E-state index contributed by atoms with van der Waals surface area (Å²) in [6.45, 7) is 5.34. The van der Waals surface area contributed by atoms with Gasteiger partial charge in [-0.05, 0) is 5.92 Å². The van der Waals surface area contributed by atoms with Gasteiger partial charge in [-0.1, -0.05) is 25.7 Å². The molecule has 1 heterocycles. The second-order valence-electron chi connectivity index (χ2n) is 3.62. The molecular formula is C11H16N2O. The maximum atomic E-state index is 8.55. The lowest BCUT2D eigenvalue weighted by atomic mass is 10.2. The summed E-state index contributed by atoms with van der Waals surface area (Å²) in [5, 5.41) is 12.7. The lowest BCUT2D eigenvalue weighted by Gasteiger charge is -2.02. The monoisotopic (exact) mass is 192 g/mol. The summed E-state index contributed by atoms with van der Waals surface area (Å²) < 4.78 is 1.90. The number of aliphatic hydroxyl groups is 1. The number of hydrogen-bond acceptors (Lipinski definition) is 2. The van der Waals surface area contributed by atoms with Crippen molar-refractivity contribution in [3.63, 3.8) is 0 Å². The van der Waals surface area contributed by atoms with Gasteiger partial charge in [0, 0.05) is 19.2 Å². The Morgan fingerprint density at radius 1 is 1.57 bits per heavy atom. The van der Waals surface area contributed by atoms with Crippen molar-refractivity contribution in [1.29, 1.82) is 0 Å². The van der Waals surface area contributed by atoms with Crippen LogP contribution in [0.4, 0.5) is 0 Å². The van der Waals surface area contributed by atoms with E-state index in [1.807, 2.05) is 10.9 Å². The number of hydrogen-bond donors (Lipinski definition) is 1. The summed E-state index contributed by atoms with van der Waals surface area (Å²) >= 11 is 0. The van der Waals surface area contributed by atoms with Gasteiger partial charge in [0.15, 0.2) is 0 Å². The highest BCUT2D eigenvalue weighted by atomic mass is 16.2. The predicted octanol–water partition coefficient (Wildman–Crippen LogP) is 1.27. The molecule has 0 fully saturated rings. The molecule has 0 saturated carbocycles. The fourth-order valence-electron chi connectivity index (χ4n) is 1.12. The van der Waals surface area contributed by atoms with E-state index >= 15 is 0 Å². The fourth-order valence-corrected chi connectivity index (χ4v) is 1.12. The molecule has 0 aromatic carbocycles. The summed E-state index contributed by atoms with van der Waals surface area (Å²) in [6.07, 6.45) is 4.21. The van der Waals surface area contributed by atoms with E-state index in [0.717, 1.165) is 12.1 Å². The van der Waals surface area contributed by atoms with Crippen LogP contribution in [0.5, 0.6) is 0 Å². The number of rotatable bonds is 3. The van der Waals surface area contributed by atoms with Crippen LogP contribution in [0.3, 0.4) is 0 Å². The van der Waals surface area contributed by atoms with E-state index in [1.165, 1.54) is 0 Å². The average Bonchev–Trinajstić information content (AvgIpc) is 2.52. The zero-order valence-corrected chi connectivity index (χ0v) is 8.70. The van der Waals surface area contributed by atoms with E-state index in [2.05, 4.69) is 30.8 Å². The van der Waals surface area contributed by atoms with Crippen LogP contribution in [0.1, 0.15) is 25.8 Å². The predicted molar refractivity (Wildman–Crippen MR) is 55.6 cm³/mol. The van der Waals surface area contributed by atoms with Crippen LogP contribution in [0.25, 0.3) is 0 Å². The Morgan fingerprint density at radius 3 is 3.00 bits per heavy atom. The molecule has 76 valence electrons. The minimum Gasteiger partial charge on any atom is -0.395 e. The molecule has 0 aliphatic rings. The molecule has 0 amide bonds. The maximum absolute atomic E-state index is 8.55. The molecule has 0 aliphatic carbocycles. The van der Waals surface area contributed by atoms with Crippen molar-refractivity contribution in [3.8, 4) is 11.8 Å². The highest BCUT2D eigenvalue weighted by Crippen LogP contribution is 2.00. The van der Waals surface area contributed by atoms with E-state index < -0.39 is 0 Å².